The van der Waals surface area contributed by atoms with Crippen molar-refractivity contribution in [3.05, 3.63) is 47.7 Å². The van der Waals surface area contributed by atoms with Gasteiger partial charge >= 0.3 is 0 Å². The predicted molar refractivity (Wildman–Crippen MR) is 111 cm³/mol. The lowest BCUT2D eigenvalue weighted by Gasteiger charge is -2.11. The Morgan fingerprint density at radius 2 is 1.84 bits per heavy atom. The number of likely N-dealkylation sites (tertiary alicyclic amines) is 1. The minimum absolute atomic E-state index is 0.140. The molecule has 1 aliphatic carbocycles. The van der Waals surface area contributed by atoms with E-state index in [2.05, 4.69) is 22.0 Å². The molecule has 0 aromatic carbocycles. The molecular formula is C22H22F2N6O. The van der Waals surface area contributed by atoms with E-state index in [-0.39, 0.29) is 11.2 Å². The average Bonchev–Trinajstić information content (AvgIpc) is 3.11. The first-order valence-electron chi connectivity index (χ1n) is 10.3. The van der Waals surface area contributed by atoms with Crippen molar-refractivity contribution >= 4 is 11.3 Å². The number of ether oxygens (including phenoxy) is 1. The van der Waals surface area contributed by atoms with E-state index in [1.165, 1.54) is 10.6 Å². The molecular weight excluding hydrogens is 402 g/mol. The second-order valence-electron chi connectivity index (χ2n) is 8.70. The molecule has 31 heavy (non-hydrogen) atoms. The van der Waals surface area contributed by atoms with E-state index in [0.29, 0.717) is 40.5 Å². The molecule has 1 saturated heterocycles. The van der Waals surface area contributed by atoms with Crippen molar-refractivity contribution in [1.82, 2.24) is 28.9 Å². The van der Waals surface area contributed by atoms with Crippen LogP contribution in [0.3, 0.4) is 0 Å². The van der Waals surface area contributed by atoms with Crippen molar-refractivity contribution in [1.29, 1.82) is 0 Å². The van der Waals surface area contributed by atoms with E-state index in [4.69, 9.17) is 9.72 Å². The summed E-state index contributed by atoms with van der Waals surface area (Å²) in [4.78, 5) is 11.4. The van der Waals surface area contributed by atoms with E-state index >= 15 is 0 Å². The fraction of sp³-hybridized carbons (Fsp3) is 0.409. The topological polar surface area (TPSA) is 60.0 Å². The third-order valence-corrected chi connectivity index (χ3v) is 6.58. The van der Waals surface area contributed by atoms with Crippen LogP contribution in [-0.2, 0) is 0 Å². The largest absolute Gasteiger partial charge is 0.493 e. The van der Waals surface area contributed by atoms with Gasteiger partial charge in [-0.25, -0.2) is 23.3 Å². The first-order chi connectivity index (χ1) is 14.9. The maximum Gasteiger partial charge on any atom is 0.267 e. The molecule has 160 valence electrons. The third kappa shape index (κ3) is 2.83. The standard InChI is InChI=1S/C22H22F2N6O/c1-11-6-30-21(25-11)13(20(23)24)5-16(27-30)12-4-18(31-3)22-26-17(10-29(22)7-12)19-14-8-28(2)9-15(14)19/h4-7,10,14-15,19-20H,8-9H2,1-3H3/t14-,15+,19?. The van der Waals surface area contributed by atoms with Crippen LogP contribution in [0.4, 0.5) is 8.78 Å². The van der Waals surface area contributed by atoms with E-state index in [0.717, 1.165) is 24.4 Å². The number of halogens is 2. The number of aromatic nitrogens is 5. The second kappa shape index (κ2) is 6.46. The Kier molecular flexibility index (Phi) is 3.89. The Balaban J connectivity index is 1.46. The van der Waals surface area contributed by atoms with Crippen molar-refractivity contribution in [2.45, 2.75) is 19.3 Å². The number of nitrogens with zero attached hydrogens (tertiary/aromatic N) is 6. The first-order valence-corrected chi connectivity index (χ1v) is 10.3. The summed E-state index contributed by atoms with van der Waals surface area (Å²) >= 11 is 0. The molecule has 0 amide bonds. The number of hydrogen-bond acceptors (Lipinski definition) is 5. The summed E-state index contributed by atoms with van der Waals surface area (Å²) in [7, 11) is 3.75. The molecule has 0 N–H and O–H groups in total. The molecule has 2 aliphatic rings. The molecule has 3 atom stereocenters. The lowest BCUT2D eigenvalue weighted by Crippen LogP contribution is -2.18. The average molecular weight is 424 g/mol. The van der Waals surface area contributed by atoms with Crippen LogP contribution in [0.1, 0.15) is 29.3 Å². The number of hydrogen-bond donors (Lipinski definition) is 0. The Morgan fingerprint density at radius 3 is 2.55 bits per heavy atom. The van der Waals surface area contributed by atoms with Crippen LogP contribution in [0.15, 0.2) is 30.7 Å². The highest BCUT2D eigenvalue weighted by Crippen LogP contribution is 2.57. The number of rotatable bonds is 4. The number of pyridine rings is 1. The minimum atomic E-state index is -2.65. The van der Waals surface area contributed by atoms with Crippen molar-refractivity contribution in [3.63, 3.8) is 0 Å². The fourth-order valence-electron chi connectivity index (χ4n) is 5.13. The summed E-state index contributed by atoms with van der Waals surface area (Å²) in [6, 6.07) is 3.22. The Labute approximate surface area is 177 Å². The number of aryl methyl sites for hydroxylation is 1. The Hall–Kier alpha value is -3.07. The molecule has 7 nitrogen and oxygen atoms in total. The second-order valence-corrected chi connectivity index (χ2v) is 8.70. The summed E-state index contributed by atoms with van der Waals surface area (Å²) in [6.45, 7) is 3.98. The Bertz CT molecular complexity index is 1320. The summed E-state index contributed by atoms with van der Waals surface area (Å²) in [5.74, 6) is 2.41. The summed E-state index contributed by atoms with van der Waals surface area (Å²) < 4.78 is 36.4. The van der Waals surface area contributed by atoms with Crippen molar-refractivity contribution in [2.24, 2.45) is 11.8 Å². The van der Waals surface area contributed by atoms with Gasteiger partial charge in [0.05, 0.1) is 36.0 Å². The van der Waals surface area contributed by atoms with Gasteiger partial charge in [0, 0.05) is 37.0 Å². The van der Waals surface area contributed by atoms with Gasteiger partial charge in [-0.15, -0.1) is 0 Å². The quantitative estimate of drug-likeness (QED) is 0.501. The minimum Gasteiger partial charge on any atom is -0.493 e. The number of imidazole rings is 2. The van der Waals surface area contributed by atoms with Crippen LogP contribution >= 0.6 is 0 Å². The van der Waals surface area contributed by atoms with Crippen molar-refractivity contribution in [3.8, 4) is 17.0 Å². The molecule has 6 rings (SSSR count). The Morgan fingerprint density at radius 1 is 1.06 bits per heavy atom. The van der Waals surface area contributed by atoms with Gasteiger partial charge in [0.15, 0.2) is 17.0 Å². The molecule has 0 bridgehead atoms. The number of piperidine rings is 1. The van der Waals surface area contributed by atoms with Gasteiger partial charge in [0.25, 0.3) is 6.43 Å². The van der Waals surface area contributed by atoms with Crippen LogP contribution < -0.4 is 4.74 Å². The van der Waals surface area contributed by atoms with Gasteiger partial charge < -0.3 is 14.0 Å². The summed E-state index contributed by atoms with van der Waals surface area (Å²) in [5, 5.41) is 4.53. The number of fused-ring (bicyclic) bond motifs is 3. The van der Waals surface area contributed by atoms with Crippen LogP contribution in [-0.4, -0.2) is 56.1 Å². The van der Waals surface area contributed by atoms with Gasteiger partial charge in [-0.05, 0) is 37.9 Å². The fourth-order valence-corrected chi connectivity index (χ4v) is 5.13. The van der Waals surface area contributed by atoms with Crippen molar-refractivity contribution < 1.29 is 13.5 Å². The highest BCUT2D eigenvalue weighted by atomic mass is 19.3. The third-order valence-electron chi connectivity index (χ3n) is 6.58. The molecule has 2 fully saturated rings. The molecule has 0 radical (unpaired) electrons. The normalized spacial score (nSPS) is 23.2. The van der Waals surface area contributed by atoms with Crippen LogP contribution in [0.25, 0.3) is 22.6 Å². The lowest BCUT2D eigenvalue weighted by atomic mass is 10.1. The van der Waals surface area contributed by atoms with Gasteiger partial charge in [-0.1, -0.05) is 0 Å². The van der Waals surface area contributed by atoms with Gasteiger partial charge in [-0.3, -0.25) is 0 Å². The molecule has 1 saturated carbocycles. The SMILES string of the molecule is COc1cc(-c2cc(C(F)F)c3nc(C)cn3n2)cn2cc(C3[C@H]4CN(C)C[C@@H]34)nc12. The van der Waals surface area contributed by atoms with Gasteiger partial charge in [-0.2, -0.15) is 5.10 Å². The number of alkyl halides is 2. The summed E-state index contributed by atoms with van der Waals surface area (Å²) in [6.07, 6.45) is 2.92. The highest BCUT2D eigenvalue weighted by Gasteiger charge is 2.56. The molecule has 1 unspecified atom stereocenters. The maximum absolute atomic E-state index is 13.7. The van der Waals surface area contributed by atoms with Crippen LogP contribution in [0, 0.1) is 18.8 Å². The smallest absolute Gasteiger partial charge is 0.267 e. The molecule has 4 aromatic rings. The molecule has 9 heteroatoms. The summed E-state index contributed by atoms with van der Waals surface area (Å²) in [5.41, 5.74) is 3.59. The maximum atomic E-state index is 13.7. The van der Waals surface area contributed by atoms with E-state index in [1.54, 1.807) is 26.3 Å². The van der Waals surface area contributed by atoms with Gasteiger partial charge in [0.1, 0.15) is 0 Å². The van der Waals surface area contributed by atoms with E-state index in [1.807, 2.05) is 16.8 Å². The molecule has 4 aromatic heterocycles. The zero-order chi connectivity index (χ0) is 21.4. The van der Waals surface area contributed by atoms with Crippen LogP contribution in [0.5, 0.6) is 5.75 Å². The zero-order valence-corrected chi connectivity index (χ0v) is 17.5. The predicted octanol–water partition coefficient (Wildman–Crippen LogP) is 3.57. The number of methoxy groups -OCH3 is 1. The van der Waals surface area contributed by atoms with Crippen LogP contribution in [0.2, 0.25) is 0 Å². The molecule has 5 heterocycles. The first kappa shape index (κ1) is 18.7. The lowest BCUT2D eigenvalue weighted by molar-refractivity contribution is 0.152. The van der Waals surface area contributed by atoms with Gasteiger partial charge in [0.2, 0.25) is 0 Å². The zero-order valence-electron chi connectivity index (χ0n) is 17.5. The highest BCUT2D eigenvalue weighted by molar-refractivity contribution is 5.69. The molecule has 0 spiro atoms. The van der Waals surface area contributed by atoms with E-state index < -0.39 is 6.43 Å². The van der Waals surface area contributed by atoms with E-state index in [9.17, 15) is 8.78 Å². The van der Waals surface area contributed by atoms with Crippen molar-refractivity contribution in [2.75, 3.05) is 27.2 Å². The monoisotopic (exact) mass is 424 g/mol. The molecule has 1 aliphatic heterocycles.